The van der Waals surface area contributed by atoms with Crippen LogP contribution < -0.4 is 20.4 Å². The first-order valence-corrected chi connectivity index (χ1v) is 20.7. The van der Waals surface area contributed by atoms with Gasteiger partial charge in [-0.2, -0.15) is 0 Å². The molecular weight excluding hydrogens is 737 g/mol. The number of rotatable bonds is 36. The van der Waals surface area contributed by atoms with E-state index in [-0.39, 0.29) is 99.5 Å². The predicted octanol–water partition coefficient (Wildman–Crippen LogP) is 6.92. The first kappa shape index (κ1) is 60.0. The van der Waals surface area contributed by atoms with Crippen molar-refractivity contribution < 1.29 is 39.6 Å². The molecule has 0 amide bonds. The molecular formula is C44H72Ca2O8. The fourth-order valence-electron chi connectivity index (χ4n) is 5.88. The van der Waals surface area contributed by atoms with Gasteiger partial charge in [0.2, 0.25) is 0 Å². The zero-order valence-electron chi connectivity index (χ0n) is 34.4. The van der Waals surface area contributed by atoms with Crippen molar-refractivity contribution in [2.45, 2.75) is 206 Å². The molecule has 0 aliphatic rings. The molecule has 0 spiro atoms. The zero-order valence-corrected chi connectivity index (χ0v) is 38.8. The van der Waals surface area contributed by atoms with Crippen LogP contribution in [-0.4, -0.2) is 99.4 Å². The largest absolute Gasteiger partial charge is 2.00 e. The molecule has 0 aromatic rings. The Kier molecular flexibility index (Phi) is 53.9. The van der Waals surface area contributed by atoms with E-state index in [1.165, 1.54) is 116 Å². The maximum Gasteiger partial charge on any atom is 2.00 e. The molecule has 0 aromatic carbocycles. The van der Waals surface area contributed by atoms with E-state index in [4.69, 9.17) is 0 Å². The summed E-state index contributed by atoms with van der Waals surface area (Å²) in [6.45, 7) is 4.49. The minimum absolute atomic E-state index is 0. The fraction of sp³-hybridized carbons (Fsp3) is 0.727. The van der Waals surface area contributed by atoms with Gasteiger partial charge in [0.15, 0.2) is 0 Å². The second-order valence-corrected chi connectivity index (χ2v) is 13.9. The normalized spacial score (nSPS) is 11.5. The topological polar surface area (TPSA) is 161 Å². The average Bonchev–Trinajstić information content (AvgIpc) is 3.10. The van der Waals surface area contributed by atoms with Gasteiger partial charge in [0, 0.05) is 0 Å². The van der Waals surface area contributed by atoms with Crippen LogP contribution in [0.25, 0.3) is 0 Å². The number of carboxylic acids is 4. The summed E-state index contributed by atoms with van der Waals surface area (Å²) < 4.78 is 0. The van der Waals surface area contributed by atoms with Gasteiger partial charge >= 0.3 is 75.5 Å². The molecule has 0 saturated carbocycles. The molecule has 54 heavy (non-hydrogen) atoms. The quantitative estimate of drug-likeness (QED) is 0.0286. The third-order valence-corrected chi connectivity index (χ3v) is 9.02. The molecule has 0 fully saturated rings. The van der Waals surface area contributed by atoms with Gasteiger partial charge in [0.05, 0.1) is 23.9 Å². The van der Waals surface area contributed by atoms with E-state index >= 15 is 0 Å². The van der Waals surface area contributed by atoms with E-state index in [1.54, 1.807) is 0 Å². The zero-order chi connectivity index (χ0) is 38.9. The van der Waals surface area contributed by atoms with Crippen molar-refractivity contribution in [2.75, 3.05) is 0 Å². The van der Waals surface area contributed by atoms with Crippen LogP contribution in [-0.2, 0) is 19.2 Å². The van der Waals surface area contributed by atoms with Gasteiger partial charge in [0.25, 0.3) is 0 Å². The number of carbonyl (C=O) groups excluding carboxylic acids is 4. The van der Waals surface area contributed by atoms with E-state index in [0.717, 1.165) is 51.4 Å². The second kappa shape index (κ2) is 48.5. The maximum absolute atomic E-state index is 10.7. The molecule has 8 nitrogen and oxygen atoms in total. The first-order valence-electron chi connectivity index (χ1n) is 20.7. The van der Waals surface area contributed by atoms with E-state index in [0.29, 0.717) is 25.0 Å². The molecule has 0 unspecified atom stereocenters. The van der Waals surface area contributed by atoms with Crippen LogP contribution in [0.5, 0.6) is 0 Å². The molecule has 0 aliphatic carbocycles. The molecule has 0 N–H and O–H groups in total. The Balaban J connectivity index is -0.000000446. The van der Waals surface area contributed by atoms with E-state index in [2.05, 4.69) is 38.2 Å². The minimum Gasteiger partial charge on any atom is -0.545 e. The summed E-state index contributed by atoms with van der Waals surface area (Å²) in [5, 5.41) is 42.3. The van der Waals surface area contributed by atoms with Gasteiger partial charge in [-0.1, -0.05) is 154 Å². The van der Waals surface area contributed by atoms with Crippen molar-refractivity contribution in [1.29, 1.82) is 0 Å². The summed E-state index contributed by atoms with van der Waals surface area (Å²) in [4.78, 5) is 42.3. The van der Waals surface area contributed by atoms with Crippen LogP contribution in [0, 0.1) is 0 Å². The van der Waals surface area contributed by atoms with Crippen LogP contribution in [0.3, 0.4) is 0 Å². The van der Waals surface area contributed by atoms with Crippen molar-refractivity contribution in [2.24, 2.45) is 0 Å². The van der Waals surface area contributed by atoms with E-state index in [9.17, 15) is 39.6 Å². The Morgan fingerprint density at radius 1 is 0.352 bits per heavy atom. The van der Waals surface area contributed by atoms with Crippen LogP contribution in [0.2, 0.25) is 0 Å². The van der Waals surface area contributed by atoms with E-state index < -0.39 is 23.9 Å². The molecule has 300 valence electrons. The molecule has 10 heteroatoms. The first-order chi connectivity index (χ1) is 25.1. The van der Waals surface area contributed by atoms with Crippen molar-refractivity contribution in [3.8, 4) is 0 Å². The minimum atomic E-state index is -1.48. The predicted molar refractivity (Wildman–Crippen MR) is 216 cm³/mol. The monoisotopic (exact) mass is 808 g/mol. The molecule has 0 atom stereocenters. The van der Waals surface area contributed by atoms with Crippen LogP contribution >= 0.6 is 0 Å². The number of hydrogen-bond acceptors (Lipinski definition) is 8. The Bertz CT molecular complexity index is 940. The van der Waals surface area contributed by atoms with Gasteiger partial charge < -0.3 is 39.6 Å². The van der Waals surface area contributed by atoms with Crippen molar-refractivity contribution in [3.63, 3.8) is 0 Å². The molecule has 0 rings (SSSR count). The van der Waals surface area contributed by atoms with E-state index in [1.807, 2.05) is 0 Å². The third-order valence-electron chi connectivity index (χ3n) is 9.02. The molecule has 0 heterocycles. The molecule has 0 aliphatic heterocycles. The van der Waals surface area contributed by atoms with Crippen molar-refractivity contribution in [1.82, 2.24) is 0 Å². The van der Waals surface area contributed by atoms with Gasteiger partial charge in [-0.3, -0.25) is 0 Å². The number of allylic oxidation sites excluding steroid dienone is 4. The summed E-state index contributed by atoms with van der Waals surface area (Å²) >= 11 is 0. The fourth-order valence-corrected chi connectivity index (χ4v) is 5.88. The molecule has 0 saturated heterocycles. The van der Waals surface area contributed by atoms with Crippen LogP contribution in [0.15, 0.2) is 47.6 Å². The molecule has 0 aromatic heterocycles. The summed E-state index contributed by atoms with van der Waals surface area (Å²) in [6.07, 6.45) is 44.1. The smallest absolute Gasteiger partial charge is 0.545 e. The maximum atomic E-state index is 10.7. The summed E-state index contributed by atoms with van der Waals surface area (Å²) in [7, 11) is 0. The number of carbonyl (C=O) groups is 4. The summed E-state index contributed by atoms with van der Waals surface area (Å²) in [5.41, 5.74) is -0.360. The molecule has 0 radical (unpaired) electrons. The number of unbranched alkanes of at least 4 members (excludes halogenated alkanes) is 24. The molecule has 0 bridgehead atoms. The Hall–Kier alpha value is -0.641. The average molecular weight is 809 g/mol. The third kappa shape index (κ3) is 49.4. The van der Waals surface area contributed by atoms with Crippen molar-refractivity contribution >= 4 is 99.4 Å². The standard InChI is InChI=1S/2C22H38O4.2Ca/c2*1-2-3-4-5-6-7-8-9-10-11-12-13-14-15-16-17-18-20(22(25)26)19-21(23)24;;/h2*9-10,19H,2-8,11-18H2,1H3,(H,23,24)(H,25,26);;/q;;2*+2/p-4/b2*10-9?,20-19-;;. The number of aliphatic carboxylic acids is 4. The summed E-state index contributed by atoms with van der Waals surface area (Å²) in [6, 6.07) is 0. The van der Waals surface area contributed by atoms with Gasteiger partial charge in [-0.25, -0.2) is 0 Å². The van der Waals surface area contributed by atoms with Gasteiger partial charge in [-0.05, 0) is 100 Å². The van der Waals surface area contributed by atoms with Crippen molar-refractivity contribution in [3.05, 3.63) is 47.6 Å². The Morgan fingerprint density at radius 3 is 0.796 bits per heavy atom. The SMILES string of the molecule is CCCCCCCCC=CCCCCCCCC/C(=C/C(=O)[O-])C(=O)[O-].CCCCCCCCC=CCCCCCCCC/C(=C/C(=O)[O-])C(=O)[O-].[Ca+2].[Ca+2]. The van der Waals surface area contributed by atoms with Gasteiger partial charge in [-0.15, -0.1) is 0 Å². The Labute approximate surface area is 389 Å². The van der Waals surface area contributed by atoms with Crippen LogP contribution in [0.1, 0.15) is 206 Å². The van der Waals surface area contributed by atoms with Gasteiger partial charge in [0.1, 0.15) is 0 Å². The summed E-state index contributed by atoms with van der Waals surface area (Å²) in [5.74, 6) is -5.79. The van der Waals surface area contributed by atoms with Crippen LogP contribution in [0.4, 0.5) is 0 Å². The second-order valence-electron chi connectivity index (χ2n) is 13.9. The Morgan fingerprint density at radius 2 is 0.574 bits per heavy atom. The number of carboxylic acid groups (broad SMARTS) is 4. The number of hydrogen-bond donors (Lipinski definition) is 0.